The van der Waals surface area contributed by atoms with Gasteiger partial charge in [0, 0.05) is 30.7 Å². The number of ether oxygens (including phenoxy) is 3. The van der Waals surface area contributed by atoms with E-state index in [1.807, 2.05) is 13.0 Å². The number of aryl methyl sites for hydroxylation is 1. The van der Waals surface area contributed by atoms with Gasteiger partial charge < -0.3 is 24.6 Å². The number of alkyl halides is 3. The Morgan fingerprint density at radius 1 is 1.15 bits per heavy atom. The number of phenols is 1. The number of benzene rings is 1. The molecule has 2 heterocycles. The van der Waals surface area contributed by atoms with Crippen LogP contribution in [0, 0.1) is 5.92 Å². The van der Waals surface area contributed by atoms with E-state index >= 15 is 0 Å². The van der Waals surface area contributed by atoms with Gasteiger partial charge in [0.1, 0.15) is 23.0 Å². The predicted octanol–water partition coefficient (Wildman–Crippen LogP) is 6.30. The van der Waals surface area contributed by atoms with Crippen LogP contribution < -0.4 is 10.1 Å². The fourth-order valence-corrected chi connectivity index (χ4v) is 5.51. The number of hydrogen-bond donors (Lipinski definition) is 2. The molecule has 2 N–H and O–H groups in total. The van der Waals surface area contributed by atoms with Crippen molar-refractivity contribution in [1.29, 1.82) is 0 Å². The van der Waals surface area contributed by atoms with Crippen molar-refractivity contribution < 1.29 is 37.3 Å². The van der Waals surface area contributed by atoms with Gasteiger partial charge in [-0.15, -0.1) is 23.4 Å². The maximum absolute atomic E-state index is 12.8. The topological polar surface area (TPSA) is 103 Å². The molecule has 11 heteroatoms. The van der Waals surface area contributed by atoms with Gasteiger partial charge in [-0.1, -0.05) is 25.7 Å². The Bertz CT molecular complexity index is 1130. The van der Waals surface area contributed by atoms with E-state index in [9.17, 15) is 23.1 Å². The predicted molar refractivity (Wildman–Crippen MR) is 138 cm³/mol. The molecule has 0 amide bonds. The van der Waals surface area contributed by atoms with E-state index in [1.54, 1.807) is 0 Å². The van der Waals surface area contributed by atoms with Gasteiger partial charge in [-0.3, -0.25) is 4.79 Å². The average molecular weight is 552 g/mol. The van der Waals surface area contributed by atoms with Crippen molar-refractivity contribution in [2.45, 2.75) is 90.1 Å². The lowest BCUT2D eigenvalue weighted by atomic mass is 9.82. The number of phenolic OH excluding ortho intramolecular Hbond substituents is 1. The summed E-state index contributed by atoms with van der Waals surface area (Å²) in [7, 11) is 0. The number of carbonyl (C=O) groups excluding carboxylic acids is 1. The summed E-state index contributed by atoms with van der Waals surface area (Å²) < 4.78 is 53.0. The van der Waals surface area contributed by atoms with Gasteiger partial charge in [-0.05, 0) is 68.2 Å². The fraction of sp³-hybridized carbons (Fsp3) is 0.607. The summed E-state index contributed by atoms with van der Waals surface area (Å²) in [5.74, 6) is 0.202. The molecule has 8 nitrogen and oxygen atoms in total. The summed E-state index contributed by atoms with van der Waals surface area (Å²) in [5, 5.41) is 23.0. The summed E-state index contributed by atoms with van der Waals surface area (Å²) in [6.07, 6.45) is 4.12. The number of carbonyl (C=O) groups is 1. The zero-order valence-corrected chi connectivity index (χ0v) is 22.2. The molecule has 1 aromatic heterocycles. The molecule has 1 aliphatic carbocycles. The minimum Gasteiger partial charge on any atom is -0.507 e. The van der Waals surface area contributed by atoms with Gasteiger partial charge in [-0.2, -0.15) is 0 Å². The van der Waals surface area contributed by atoms with Gasteiger partial charge >= 0.3 is 12.3 Å². The molecular weight excluding hydrogens is 515 g/mol. The Morgan fingerprint density at radius 3 is 2.79 bits per heavy atom. The van der Waals surface area contributed by atoms with Crippen LogP contribution in [0.1, 0.15) is 75.8 Å². The second-order valence-electron chi connectivity index (χ2n) is 10.2. The van der Waals surface area contributed by atoms with Crippen LogP contribution >= 0.6 is 0 Å². The lowest BCUT2D eigenvalue weighted by Gasteiger charge is -2.30. The van der Waals surface area contributed by atoms with E-state index < -0.39 is 12.1 Å². The normalized spacial score (nSPS) is 19.6. The van der Waals surface area contributed by atoms with E-state index in [0.29, 0.717) is 61.0 Å². The zero-order valence-electron chi connectivity index (χ0n) is 22.2. The number of nitrogens with one attached hydrogen (secondary N) is 1. The maximum atomic E-state index is 12.8. The molecule has 39 heavy (non-hydrogen) atoms. The van der Waals surface area contributed by atoms with Crippen LogP contribution in [0.5, 0.6) is 11.5 Å². The largest absolute Gasteiger partial charge is 0.573 e. The first-order valence-electron chi connectivity index (χ1n) is 13.7. The Balaban J connectivity index is 1.44. The second-order valence-corrected chi connectivity index (χ2v) is 10.2. The van der Waals surface area contributed by atoms with E-state index in [-0.39, 0.29) is 24.4 Å². The first kappa shape index (κ1) is 28.9. The van der Waals surface area contributed by atoms with E-state index in [4.69, 9.17) is 9.47 Å². The number of fused-ring (bicyclic) bond motifs is 3. The molecule has 2 aromatic rings. The molecule has 214 valence electrons. The number of halogens is 3. The summed E-state index contributed by atoms with van der Waals surface area (Å²) in [6.45, 7) is 2.66. The quantitative estimate of drug-likeness (QED) is 0.276. The van der Waals surface area contributed by atoms with Crippen molar-refractivity contribution in [1.82, 2.24) is 10.2 Å². The highest BCUT2D eigenvalue weighted by molar-refractivity contribution is 5.75. The monoisotopic (exact) mass is 551 g/mol. The number of esters is 1. The molecule has 0 radical (unpaired) electrons. The third-order valence-corrected chi connectivity index (χ3v) is 7.19. The molecule has 1 aliphatic heterocycles. The molecule has 2 atom stereocenters. The highest BCUT2D eigenvalue weighted by Crippen LogP contribution is 2.40. The number of aromatic nitrogens is 2. The van der Waals surface area contributed by atoms with Gasteiger partial charge in [-0.25, -0.2) is 0 Å². The summed E-state index contributed by atoms with van der Waals surface area (Å²) >= 11 is 0. The standard InChI is InChI=1S/C28H36F3N3O5/c1-2-38-25(36)11-4-3-7-18-8-5-10-21(13-18)32-24-15-19-9-6-12-37-17-20-14-22(39-28(29,30)31)16-23(35)26(20)27(19)34-33-24/h14-16,18,21,35H,2-13,17H2,1H3,(H,32,33)/t18?,21-/m1/s1. The van der Waals surface area contributed by atoms with Crippen molar-refractivity contribution in [3.8, 4) is 22.8 Å². The third kappa shape index (κ3) is 8.45. The third-order valence-electron chi connectivity index (χ3n) is 7.19. The molecule has 2 aliphatic rings. The molecular formula is C28H36F3N3O5. The smallest absolute Gasteiger partial charge is 0.507 e. The molecule has 1 aromatic carbocycles. The number of rotatable bonds is 9. The fourth-order valence-electron chi connectivity index (χ4n) is 5.51. The van der Waals surface area contributed by atoms with Crippen molar-refractivity contribution in [2.75, 3.05) is 18.5 Å². The zero-order chi connectivity index (χ0) is 27.8. The summed E-state index contributed by atoms with van der Waals surface area (Å²) in [4.78, 5) is 11.6. The van der Waals surface area contributed by atoms with Gasteiger partial charge in [0.2, 0.25) is 0 Å². The molecule has 1 fully saturated rings. The lowest BCUT2D eigenvalue weighted by Crippen LogP contribution is -2.28. The highest BCUT2D eigenvalue weighted by Gasteiger charge is 2.32. The van der Waals surface area contributed by atoms with Crippen LogP contribution in [0.3, 0.4) is 0 Å². The SMILES string of the molecule is CCOC(=O)CCCCC1CCC[C@@H](Nc2cc3c(nn2)-c2c(O)cc(OC(F)(F)F)cc2COCCC3)C1. The van der Waals surface area contributed by atoms with Crippen LogP contribution in [-0.4, -0.2) is 46.9 Å². The van der Waals surface area contributed by atoms with Crippen molar-refractivity contribution >= 4 is 11.8 Å². The molecule has 0 saturated heterocycles. The maximum Gasteiger partial charge on any atom is 0.573 e. The average Bonchev–Trinajstić information content (AvgIpc) is 2.95. The Kier molecular flexibility index (Phi) is 9.88. The summed E-state index contributed by atoms with van der Waals surface area (Å²) in [5.41, 5.74) is 1.93. The lowest BCUT2D eigenvalue weighted by molar-refractivity contribution is -0.274. The first-order valence-corrected chi connectivity index (χ1v) is 13.7. The highest BCUT2D eigenvalue weighted by atomic mass is 19.4. The second kappa shape index (κ2) is 13.3. The first-order chi connectivity index (χ1) is 18.7. The molecule has 1 unspecified atom stereocenters. The molecule has 1 saturated carbocycles. The van der Waals surface area contributed by atoms with Crippen molar-refractivity contribution in [3.63, 3.8) is 0 Å². The molecule has 0 spiro atoms. The Hall–Kier alpha value is -3.08. The van der Waals surface area contributed by atoms with E-state index in [1.165, 1.54) is 12.5 Å². The minimum atomic E-state index is -4.88. The molecule has 0 bridgehead atoms. The van der Waals surface area contributed by atoms with E-state index in [2.05, 4.69) is 20.3 Å². The van der Waals surface area contributed by atoms with E-state index in [0.717, 1.165) is 50.2 Å². The van der Waals surface area contributed by atoms with Crippen molar-refractivity contribution in [2.24, 2.45) is 5.92 Å². The Morgan fingerprint density at radius 2 is 2.00 bits per heavy atom. The van der Waals surface area contributed by atoms with Crippen LogP contribution in [0.25, 0.3) is 11.3 Å². The summed E-state index contributed by atoms with van der Waals surface area (Å²) in [6, 6.07) is 4.33. The van der Waals surface area contributed by atoms with Crippen molar-refractivity contribution in [3.05, 3.63) is 29.3 Å². The number of hydrogen-bond acceptors (Lipinski definition) is 8. The van der Waals surface area contributed by atoms with Crippen LogP contribution in [0.4, 0.5) is 19.0 Å². The van der Waals surface area contributed by atoms with Crippen LogP contribution in [0.2, 0.25) is 0 Å². The van der Waals surface area contributed by atoms with Gasteiger partial charge in [0.25, 0.3) is 0 Å². The number of nitrogens with zero attached hydrogens (tertiary/aromatic N) is 2. The number of anilines is 1. The minimum absolute atomic E-state index is 0.0162. The van der Waals surface area contributed by atoms with Crippen LogP contribution in [-0.2, 0) is 27.3 Å². The number of aromatic hydroxyl groups is 1. The van der Waals surface area contributed by atoms with Gasteiger partial charge in [0.05, 0.1) is 13.2 Å². The molecule has 4 rings (SSSR count). The number of unbranched alkanes of at least 4 members (excludes halogenated alkanes) is 1. The van der Waals surface area contributed by atoms with Crippen LogP contribution in [0.15, 0.2) is 18.2 Å². The van der Waals surface area contributed by atoms with Gasteiger partial charge in [0.15, 0.2) is 0 Å². The Labute approximate surface area is 226 Å².